The average Bonchev–Trinajstić information content (AvgIpc) is 2.84. The van der Waals surface area contributed by atoms with Crippen molar-refractivity contribution in [3.63, 3.8) is 0 Å². The standard InChI is InChI=1S/C15H23N3OS/c1-9(2)13(8-19-3)18-15-11(14(16)20)7-10-5-4-6-12(10)17-15/h7,9,13H,4-6,8H2,1-3H3,(H2,16,20)(H,17,18). The summed E-state index contributed by atoms with van der Waals surface area (Å²) < 4.78 is 5.28. The van der Waals surface area contributed by atoms with Crippen LogP contribution in [0.2, 0.25) is 0 Å². The minimum Gasteiger partial charge on any atom is -0.389 e. The molecule has 0 bridgehead atoms. The lowest BCUT2D eigenvalue weighted by Crippen LogP contribution is -2.32. The molecule has 0 saturated carbocycles. The van der Waals surface area contributed by atoms with Crippen LogP contribution >= 0.6 is 12.2 Å². The molecule has 1 aliphatic carbocycles. The van der Waals surface area contributed by atoms with Gasteiger partial charge < -0.3 is 15.8 Å². The van der Waals surface area contributed by atoms with Crippen LogP contribution in [0.25, 0.3) is 0 Å². The molecular formula is C15H23N3OS. The highest BCUT2D eigenvalue weighted by Crippen LogP contribution is 2.26. The zero-order chi connectivity index (χ0) is 14.7. The largest absolute Gasteiger partial charge is 0.389 e. The van der Waals surface area contributed by atoms with Gasteiger partial charge in [-0.15, -0.1) is 0 Å². The van der Waals surface area contributed by atoms with E-state index in [0.29, 0.717) is 17.5 Å². The first-order chi connectivity index (χ1) is 9.52. The maximum Gasteiger partial charge on any atom is 0.136 e. The summed E-state index contributed by atoms with van der Waals surface area (Å²) in [5.74, 6) is 1.23. The summed E-state index contributed by atoms with van der Waals surface area (Å²) in [6.45, 7) is 4.95. The Morgan fingerprint density at radius 3 is 2.85 bits per heavy atom. The lowest BCUT2D eigenvalue weighted by molar-refractivity contribution is 0.171. The highest BCUT2D eigenvalue weighted by atomic mass is 32.1. The molecule has 4 nitrogen and oxygen atoms in total. The number of ether oxygens (including phenoxy) is 1. The Labute approximate surface area is 126 Å². The minimum atomic E-state index is 0.194. The predicted octanol–water partition coefficient (Wildman–Crippen LogP) is 2.29. The van der Waals surface area contributed by atoms with Gasteiger partial charge in [-0.05, 0) is 36.8 Å². The quantitative estimate of drug-likeness (QED) is 0.788. The number of aromatic nitrogens is 1. The van der Waals surface area contributed by atoms with E-state index in [1.54, 1.807) is 7.11 Å². The van der Waals surface area contributed by atoms with Crippen molar-refractivity contribution >= 4 is 23.0 Å². The zero-order valence-electron chi connectivity index (χ0n) is 12.4. The molecule has 1 unspecified atom stereocenters. The molecule has 5 heteroatoms. The fourth-order valence-electron chi connectivity index (χ4n) is 2.53. The van der Waals surface area contributed by atoms with Crippen molar-refractivity contribution in [3.05, 3.63) is 22.9 Å². The monoisotopic (exact) mass is 293 g/mol. The molecule has 1 heterocycles. The molecule has 20 heavy (non-hydrogen) atoms. The summed E-state index contributed by atoms with van der Waals surface area (Å²) in [7, 11) is 1.71. The molecule has 0 aromatic carbocycles. The lowest BCUT2D eigenvalue weighted by atomic mass is 10.0. The van der Waals surface area contributed by atoms with Gasteiger partial charge in [0.1, 0.15) is 10.8 Å². The van der Waals surface area contributed by atoms with Crippen LogP contribution in [-0.2, 0) is 17.6 Å². The topological polar surface area (TPSA) is 60.2 Å². The molecule has 0 amide bonds. The molecule has 0 saturated heterocycles. The first kappa shape index (κ1) is 15.2. The van der Waals surface area contributed by atoms with Gasteiger partial charge in [-0.1, -0.05) is 26.1 Å². The maximum absolute atomic E-state index is 5.85. The number of methoxy groups -OCH3 is 1. The molecule has 0 aliphatic heterocycles. The van der Waals surface area contributed by atoms with Gasteiger partial charge in [0.15, 0.2) is 0 Å². The highest BCUT2D eigenvalue weighted by Gasteiger charge is 2.20. The number of thiocarbonyl (C=S) groups is 1. The van der Waals surface area contributed by atoms with Crippen molar-refractivity contribution in [2.75, 3.05) is 19.0 Å². The third-order valence-corrected chi connectivity index (χ3v) is 4.01. The number of hydrogen-bond donors (Lipinski definition) is 2. The van der Waals surface area contributed by atoms with Crippen molar-refractivity contribution in [2.45, 2.75) is 39.2 Å². The van der Waals surface area contributed by atoms with Crippen LogP contribution in [0.1, 0.15) is 37.1 Å². The number of pyridine rings is 1. The fraction of sp³-hybridized carbons (Fsp3) is 0.600. The molecule has 1 aliphatic rings. The predicted molar refractivity (Wildman–Crippen MR) is 86.3 cm³/mol. The van der Waals surface area contributed by atoms with Gasteiger partial charge >= 0.3 is 0 Å². The number of hydrogen-bond acceptors (Lipinski definition) is 4. The number of rotatable bonds is 6. The number of anilines is 1. The Hall–Kier alpha value is -1.20. The van der Waals surface area contributed by atoms with Gasteiger partial charge in [0.05, 0.1) is 18.2 Å². The van der Waals surface area contributed by atoms with E-state index in [-0.39, 0.29) is 6.04 Å². The normalized spacial score (nSPS) is 15.2. The van der Waals surface area contributed by atoms with E-state index < -0.39 is 0 Å². The van der Waals surface area contributed by atoms with E-state index in [1.807, 2.05) is 0 Å². The molecule has 1 atom stereocenters. The molecule has 1 aromatic rings. The van der Waals surface area contributed by atoms with Gasteiger partial charge in [0.25, 0.3) is 0 Å². The zero-order valence-corrected chi connectivity index (χ0v) is 13.2. The van der Waals surface area contributed by atoms with Gasteiger partial charge in [0, 0.05) is 12.8 Å². The summed E-state index contributed by atoms with van der Waals surface area (Å²) in [5, 5.41) is 3.46. The Morgan fingerprint density at radius 2 is 2.25 bits per heavy atom. The molecular weight excluding hydrogens is 270 g/mol. The molecule has 0 fully saturated rings. The van der Waals surface area contributed by atoms with E-state index in [9.17, 15) is 0 Å². The summed E-state index contributed by atoms with van der Waals surface area (Å²) in [6.07, 6.45) is 3.27. The second-order valence-corrected chi connectivity index (χ2v) is 6.10. The summed E-state index contributed by atoms with van der Waals surface area (Å²) >= 11 is 5.17. The van der Waals surface area contributed by atoms with Crippen LogP contribution < -0.4 is 11.1 Å². The average molecular weight is 293 g/mol. The maximum atomic E-state index is 5.85. The van der Waals surface area contributed by atoms with E-state index in [2.05, 4.69) is 25.2 Å². The van der Waals surface area contributed by atoms with Crippen LogP contribution in [0.15, 0.2) is 6.07 Å². The number of fused-ring (bicyclic) bond motifs is 1. The first-order valence-corrected chi connectivity index (χ1v) is 7.51. The SMILES string of the molecule is COCC(Nc1nc2c(cc1C(N)=S)CCC2)C(C)C. The first-order valence-electron chi connectivity index (χ1n) is 7.11. The molecule has 110 valence electrons. The van der Waals surface area contributed by atoms with E-state index >= 15 is 0 Å². The Bertz CT molecular complexity index is 502. The fourth-order valence-corrected chi connectivity index (χ4v) is 2.68. The van der Waals surface area contributed by atoms with Crippen LogP contribution in [0, 0.1) is 5.92 Å². The number of aryl methyl sites for hydroxylation is 2. The van der Waals surface area contributed by atoms with Gasteiger partial charge in [-0.25, -0.2) is 4.98 Å². The summed E-state index contributed by atoms with van der Waals surface area (Å²) in [5.41, 5.74) is 9.16. The number of nitrogens with zero attached hydrogens (tertiary/aromatic N) is 1. The smallest absolute Gasteiger partial charge is 0.136 e. The molecule has 1 aromatic heterocycles. The second-order valence-electron chi connectivity index (χ2n) is 5.66. The Morgan fingerprint density at radius 1 is 1.50 bits per heavy atom. The van der Waals surface area contributed by atoms with Crippen molar-refractivity contribution in [1.29, 1.82) is 0 Å². The molecule has 2 rings (SSSR count). The van der Waals surface area contributed by atoms with Crippen LogP contribution in [0.5, 0.6) is 0 Å². The van der Waals surface area contributed by atoms with Crippen LogP contribution in [0.3, 0.4) is 0 Å². The minimum absolute atomic E-state index is 0.194. The van der Waals surface area contributed by atoms with Gasteiger partial charge in [-0.2, -0.15) is 0 Å². The number of nitrogens with one attached hydrogen (secondary N) is 1. The van der Waals surface area contributed by atoms with Gasteiger partial charge in [0.2, 0.25) is 0 Å². The number of nitrogens with two attached hydrogens (primary N) is 1. The van der Waals surface area contributed by atoms with Gasteiger partial charge in [-0.3, -0.25) is 0 Å². The van der Waals surface area contributed by atoms with Crippen LogP contribution in [-0.4, -0.2) is 29.7 Å². The Balaban J connectivity index is 2.32. The molecule has 0 spiro atoms. The lowest BCUT2D eigenvalue weighted by Gasteiger charge is -2.24. The summed E-state index contributed by atoms with van der Waals surface area (Å²) in [4.78, 5) is 5.14. The van der Waals surface area contributed by atoms with Crippen molar-refractivity contribution in [1.82, 2.24) is 4.98 Å². The second kappa shape index (κ2) is 6.50. The van der Waals surface area contributed by atoms with Crippen LogP contribution in [0.4, 0.5) is 5.82 Å². The third kappa shape index (κ3) is 3.27. The van der Waals surface area contributed by atoms with Crippen molar-refractivity contribution in [2.24, 2.45) is 11.7 Å². The van der Waals surface area contributed by atoms with Crippen molar-refractivity contribution in [3.8, 4) is 0 Å². The van der Waals surface area contributed by atoms with Crippen molar-refractivity contribution < 1.29 is 4.74 Å². The van der Waals surface area contributed by atoms with E-state index in [4.69, 9.17) is 27.7 Å². The summed E-state index contributed by atoms with van der Waals surface area (Å²) in [6, 6.07) is 2.30. The van der Waals surface area contributed by atoms with E-state index in [0.717, 1.165) is 30.6 Å². The molecule has 3 N–H and O–H groups in total. The van der Waals surface area contributed by atoms with E-state index in [1.165, 1.54) is 11.3 Å². The highest BCUT2D eigenvalue weighted by molar-refractivity contribution is 7.80. The Kier molecular flexibility index (Phi) is 4.94. The third-order valence-electron chi connectivity index (χ3n) is 3.79. The molecule has 0 radical (unpaired) electrons.